The Bertz CT molecular complexity index is 565. The van der Waals surface area contributed by atoms with E-state index in [1.54, 1.807) is 24.3 Å². The highest BCUT2D eigenvalue weighted by Crippen LogP contribution is 2.16. The summed E-state index contributed by atoms with van der Waals surface area (Å²) in [5.74, 6) is 0.336. The van der Waals surface area contributed by atoms with E-state index in [1.807, 2.05) is 0 Å². The van der Waals surface area contributed by atoms with E-state index in [2.05, 4.69) is 10.3 Å². The second-order valence-corrected chi connectivity index (χ2v) is 4.27. The molecular weight excluding hydrogens is 269 g/mol. The van der Waals surface area contributed by atoms with Gasteiger partial charge in [-0.2, -0.15) is 0 Å². The zero-order chi connectivity index (χ0) is 13.7. The number of halogens is 2. The first-order valence-corrected chi connectivity index (χ1v) is 6.06. The molecule has 0 aliphatic carbocycles. The molecule has 0 atom stereocenters. The monoisotopic (exact) mass is 281 g/mol. The first-order chi connectivity index (χ1) is 9.15. The number of anilines is 2. The SMILES string of the molecule is Nc1cccc(OCCNc2ncc(Cl)cc2F)c1. The van der Waals surface area contributed by atoms with Gasteiger partial charge in [-0.25, -0.2) is 9.37 Å². The summed E-state index contributed by atoms with van der Waals surface area (Å²) in [6.07, 6.45) is 1.38. The molecule has 0 aliphatic rings. The molecule has 1 heterocycles. The zero-order valence-electron chi connectivity index (χ0n) is 10.1. The van der Waals surface area contributed by atoms with Crippen LogP contribution < -0.4 is 15.8 Å². The van der Waals surface area contributed by atoms with Crippen LogP contribution in [0.15, 0.2) is 36.5 Å². The molecule has 3 N–H and O–H groups in total. The average molecular weight is 282 g/mol. The molecule has 2 rings (SSSR count). The fourth-order valence-corrected chi connectivity index (χ4v) is 1.63. The minimum Gasteiger partial charge on any atom is -0.492 e. The van der Waals surface area contributed by atoms with E-state index >= 15 is 0 Å². The molecule has 19 heavy (non-hydrogen) atoms. The van der Waals surface area contributed by atoms with Crippen LogP contribution in [0.5, 0.6) is 5.75 Å². The van der Waals surface area contributed by atoms with Crippen LogP contribution in [0.1, 0.15) is 0 Å². The van der Waals surface area contributed by atoms with Gasteiger partial charge < -0.3 is 15.8 Å². The summed E-state index contributed by atoms with van der Waals surface area (Å²) in [5.41, 5.74) is 6.26. The highest BCUT2D eigenvalue weighted by molar-refractivity contribution is 6.30. The number of ether oxygens (including phenoxy) is 1. The molecule has 0 bridgehead atoms. The molecule has 100 valence electrons. The Morgan fingerprint density at radius 2 is 2.21 bits per heavy atom. The third-order valence-corrected chi connectivity index (χ3v) is 2.54. The normalized spacial score (nSPS) is 10.2. The number of nitrogens with one attached hydrogen (secondary N) is 1. The molecular formula is C13H13ClFN3O. The number of pyridine rings is 1. The molecule has 0 saturated heterocycles. The van der Waals surface area contributed by atoms with Crippen LogP contribution >= 0.6 is 11.6 Å². The maximum absolute atomic E-state index is 13.4. The first kappa shape index (κ1) is 13.4. The van der Waals surface area contributed by atoms with Crippen LogP contribution in [0, 0.1) is 5.82 Å². The lowest BCUT2D eigenvalue weighted by atomic mass is 10.3. The number of aromatic nitrogens is 1. The highest BCUT2D eigenvalue weighted by atomic mass is 35.5. The summed E-state index contributed by atoms with van der Waals surface area (Å²) in [6.45, 7) is 0.785. The van der Waals surface area contributed by atoms with Gasteiger partial charge in [-0.15, -0.1) is 0 Å². The predicted octanol–water partition coefficient (Wildman–Crippen LogP) is 2.95. The van der Waals surface area contributed by atoms with E-state index in [1.165, 1.54) is 12.3 Å². The van der Waals surface area contributed by atoms with Gasteiger partial charge in [-0.1, -0.05) is 17.7 Å². The third-order valence-electron chi connectivity index (χ3n) is 2.33. The number of nitrogens with zero attached hydrogens (tertiary/aromatic N) is 1. The second-order valence-electron chi connectivity index (χ2n) is 3.83. The second kappa shape index (κ2) is 6.24. The molecule has 0 fully saturated rings. The van der Waals surface area contributed by atoms with E-state index in [9.17, 15) is 4.39 Å². The molecule has 4 nitrogen and oxygen atoms in total. The van der Waals surface area contributed by atoms with Crippen molar-refractivity contribution >= 4 is 23.1 Å². The van der Waals surface area contributed by atoms with Crippen LogP contribution in [0.25, 0.3) is 0 Å². The van der Waals surface area contributed by atoms with Gasteiger partial charge in [0, 0.05) is 18.0 Å². The maximum atomic E-state index is 13.4. The molecule has 0 spiro atoms. The van der Waals surface area contributed by atoms with Gasteiger partial charge in [0.15, 0.2) is 11.6 Å². The summed E-state index contributed by atoms with van der Waals surface area (Å²) in [4.78, 5) is 3.84. The molecule has 2 aromatic rings. The summed E-state index contributed by atoms with van der Waals surface area (Å²) in [5, 5.41) is 3.09. The fourth-order valence-electron chi connectivity index (χ4n) is 1.49. The molecule has 1 aromatic carbocycles. The summed E-state index contributed by atoms with van der Waals surface area (Å²) < 4.78 is 18.8. The van der Waals surface area contributed by atoms with Gasteiger partial charge in [-0.3, -0.25) is 0 Å². The van der Waals surface area contributed by atoms with E-state index in [0.717, 1.165) is 0 Å². The Morgan fingerprint density at radius 1 is 1.37 bits per heavy atom. The molecule has 0 radical (unpaired) electrons. The lowest BCUT2D eigenvalue weighted by Gasteiger charge is -2.09. The van der Waals surface area contributed by atoms with Crippen molar-refractivity contribution in [3.8, 4) is 5.75 Å². The Labute approximate surface area is 115 Å². The Hall–Kier alpha value is -2.01. The van der Waals surface area contributed by atoms with Gasteiger partial charge in [0.05, 0.1) is 11.6 Å². The number of rotatable bonds is 5. The highest BCUT2D eigenvalue weighted by Gasteiger charge is 2.03. The van der Waals surface area contributed by atoms with Crippen LogP contribution in [0.2, 0.25) is 5.02 Å². The topological polar surface area (TPSA) is 60.2 Å². The van der Waals surface area contributed by atoms with Crippen molar-refractivity contribution in [2.24, 2.45) is 0 Å². The van der Waals surface area contributed by atoms with Gasteiger partial charge in [-0.05, 0) is 18.2 Å². The first-order valence-electron chi connectivity index (χ1n) is 5.68. The minimum atomic E-state index is -0.489. The van der Waals surface area contributed by atoms with Gasteiger partial charge in [0.1, 0.15) is 12.4 Å². The number of hydrogen-bond acceptors (Lipinski definition) is 4. The van der Waals surface area contributed by atoms with E-state index in [0.29, 0.717) is 24.6 Å². The van der Waals surface area contributed by atoms with Crippen molar-refractivity contribution in [3.05, 3.63) is 47.4 Å². The van der Waals surface area contributed by atoms with Crippen molar-refractivity contribution in [3.63, 3.8) is 0 Å². The van der Waals surface area contributed by atoms with E-state index < -0.39 is 5.82 Å². The zero-order valence-corrected chi connectivity index (χ0v) is 10.8. The van der Waals surface area contributed by atoms with Crippen LogP contribution in [0.4, 0.5) is 15.9 Å². The standard InChI is InChI=1S/C13H13ClFN3O/c14-9-6-12(15)13(18-8-9)17-4-5-19-11-3-1-2-10(16)7-11/h1-3,6-8H,4-5,16H2,(H,17,18). The Kier molecular flexibility index (Phi) is 4.41. The number of nitrogens with two attached hydrogens (primary N) is 1. The van der Waals surface area contributed by atoms with Gasteiger partial charge in [0.25, 0.3) is 0 Å². The number of hydrogen-bond donors (Lipinski definition) is 2. The quantitative estimate of drug-likeness (QED) is 0.653. The average Bonchev–Trinajstić information content (AvgIpc) is 2.37. The molecule has 6 heteroatoms. The van der Waals surface area contributed by atoms with Crippen molar-refractivity contribution in [2.45, 2.75) is 0 Å². The summed E-state index contributed by atoms with van der Waals surface area (Å²) >= 11 is 5.61. The summed E-state index contributed by atoms with van der Waals surface area (Å²) in [6, 6.07) is 8.31. The third kappa shape index (κ3) is 3.99. The molecule has 0 amide bonds. The van der Waals surface area contributed by atoms with Crippen molar-refractivity contribution in [1.29, 1.82) is 0 Å². The number of benzene rings is 1. The minimum absolute atomic E-state index is 0.153. The van der Waals surface area contributed by atoms with Crippen LogP contribution in [-0.4, -0.2) is 18.1 Å². The van der Waals surface area contributed by atoms with Crippen LogP contribution in [-0.2, 0) is 0 Å². The fraction of sp³-hybridized carbons (Fsp3) is 0.154. The van der Waals surface area contributed by atoms with E-state index in [-0.39, 0.29) is 10.8 Å². The van der Waals surface area contributed by atoms with Crippen molar-refractivity contribution in [2.75, 3.05) is 24.2 Å². The molecule has 0 unspecified atom stereocenters. The maximum Gasteiger partial charge on any atom is 0.166 e. The molecule has 0 saturated carbocycles. The van der Waals surface area contributed by atoms with Crippen molar-refractivity contribution < 1.29 is 9.13 Å². The van der Waals surface area contributed by atoms with Gasteiger partial charge >= 0.3 is 0 Å². The summed E-state index contributed by atoms with van der Waals surface area (Å²) in [7, 11) is 0. The molecule has 1 aromatic heterocycles. The largest absolute Gasteiger partial charge is 0.492 e. The number of nitrogen functional groups attached to an aromatic ring is 1. The van der Waals surface area contributed by atoms with Gasteiger partial charge in [0.2, 0.25) is 0 Å². The van der Waals surface area contributed by atoms with Crippen molar-refractivity contribution in [1.82, 2.24) is 4.98 Å². The Balaban J connectivity index is 1.81. The Morgan fingerprint density at radius 3 is 2.95 bits per heavy atom. The molecule has 0 aliphatic heterocycles. The predicted molar refractivity (Wildman–Crippen MR) is 74.0 cm³/mol. The smallest absolute Gasteiger partial charge is 0.166 e. The lowest BCUT2D eigenvalue weighted by molar-refractivity contribution is 0.332. The lowest BCUT2D eigenvalue weighted by Crippen LogP contribution is -2.13. The van der Waals surface area contributed by atoms with E-state index in [4.69, 9.17) is 22.1 Å². The van der Waals surface area contributed by atoms with Crippen LogP contribution in [0.3, 0.4) is 0 Å².